The molecule has 0 bridgehead atoms. The lowest BCUT2D eigenvalue weighted by Gasteiger charge is -2.03. The zero-order chi connectivity index (χ0) is 14.7. The summed E-state index contributed by atoms with van der Waals surface area (Å²) in [5.74, 6) is 5.66. The van der Waals surface area contributed by atoms with Gasteiger partial charge >= 0.3 is 0 Å². The Balaban J connectivity index is 2.06. The standard InChI is InChI=1S/C10H14ClN7OS/c1-6-7(11)3-18(16-6)4-8-14-15-10(17(8)2)20-5-9(19)13-12/h3H,4-5,12H2,1-2H3,(H,13,19). The first kappa shape index (κ1) is 14.8. The van der Waals surface area contributed by atoms with Gasteiger partial charge in [0.05, 0.1) is 16.5 Å². The quantitative estimate of drug-likeness (QED) is 0.351. The molecule has 10 heteroatoms. The normalized spacial score (nSPS) is 10.8. The minimum atomic E-state index is -0.269. The van der Waals surface area contributed by atoms with Crippen LogP contribution in [0.2, 0.25) is 5.02 Å². The van der Waals surface area contributed by atoms with Crippen molar-refractivity contribution < 1.29 is 4.79 Å². The van der Waals surface area contributed by atoms with Crippen LogP contribution in [-0.4, -0.2) is 36.2 Å². The smallest absolute Gasteiger partial charge is 0.244 e. The van der Waals surface area contributed by atoms with Gasteiger partial charge in [0.25, 0.3) is 0 Å². The number of nitrogens with one attached hydrogen (secondary N) is 1. The maximum Gasteiger partial charge on any atom is 0.244 e. The van der Waals surface area contributed by atoms with Gasteiger partial charge in [-0.15, -0.1) is 10.2 Å². The van der Waals surface area contributed by atoms with Gasteiger partial charge in [0.1, 0.15) is 6.54 Å². The molecule has 2 rings (SSSR count). The van der Waals surface area contributed by atoms with Crippen LogP contribution in [0.4, 0.5) is 0 Å². The van der Waals surface area contributed by atoms with E-state index in [4.69, 9.17) is 17.4 Å². The fourth-order valence-electron chi connectivity index (χ4n) is 1.50. The average molecular weight is 316 g/mol. The van der Waals surface area contributed by atoms with Gasteiger partial charge in [-0.1, -0.05) is 23.4 Å². The number of carbonyl (C=O) groups is 1. The van der Waals surface area contributed by atoms with Gasteiger partial charge in [-0.05, 0) is 6.92 Å². The predicted octanol–water partition coefficient (Wildman–Crippen LogP) is 0.104. The Morgan fingerprint density at radius 1 is 1.55 bits per heavy atom. The third kappa shape index (κ3) is 3.30. The van der Waals surface area contributed by atoms with Crippen LogP contribution in [-0.2, 0) is 18.4 Å². The number of thioether (sulfide) groups is 1. The molecule has 0 unspecified atom stereocenters. The van der Waals surface area contributed by atoms with E-state index in [9.17, 15) is 4.79 Å². The summed E-state index contributed by atoms with van der Waals surface area (Å²) in [5, 5.41) is 13.6. The molecular weight excluding hydrogens is 302 g/mol. The van der Waals surface area contributed by atoms with E-state index in [1.807, 2.05) is 14.0 Å². The molecule has 8 nitrogen and oxygen atoms in total. The summed E-state index contributed by atoms with van der Waals surface area (Å²) in [5.41, 5.74) is 2.83. The summed E-state index contributed by atoms with van der Waals surface area (Å²) in [4.78, 5) is 11.1. The van der Waals surface area contributed by atoms with E-state index in [1.54, 1.807) is 15.4 Å². The number of nitrogens with two attached hydrogens (primary N) is 1. The van der Waals surface area contributed by atoms with Crippen molar-refractivity contribution in [1.82, 2.24) is 30.0 Å². The van der Waals surface area contributed by atoms with Crippen molar-refractivity contribution in [2.45, 2.75) is 18.6 Å². The van der Waals surface area contributed by atoms with Crippen LogP contribution >= 0.6 is 23.4 Å². The van der Waals surface area contributed by atoms with Crippen LogP contribution in [0.15, 0.2) is 11.4 Å². The molecular formula is C10H14ClN7OS. The third-order valence-corrected chi connectivity index (χ3v) is 4.00. The fourth-order valence-corrected chi connectivity index (χ4v) is 2.39. The molecule has 0 aliphatic carbocycles. The molecule has 1 amide bonds. The lowest BCUT2D eigenvalue weighted by molar-refractivity contribution is -0.118. The Labute approximate surface area is 124 Å². The Morgan fingerprint density at radius 2 is 2.30 bits per heavy atom. The van der Waals surface area contributed by atoms with E-state index in [2.05, 4.69) is 20.7 Å². The van der Waals surface area contributed by atoms with Crippen molar-refractivity contribution >= 4 is 29.3 Å². The highest BCUT2D eigenvalue weighted by molar-refractivity contribution is 7.99. The Kier molecular flexibility index (Phi) is 4.63. The summed E-state index contributed by atoms with van der Waals surface area (Å²) in [6, 6.07) is 0. The van der Waals surface area contributed by atoms with Gasteiger partial charge in [-0.2, -0.15) is 5.10 Å². The molecule has 108 valence electrons. The van der Waals surface area contributed by atoms with Crippen molar-refractivity contribution in [3.8, 4) is 0 Å². The van der Waals surface area contributed by atoms with Crippen molar-refractivity contribution in [2.24, 2.45) is 12.9 Å². The largest absolute Gasteiger partial charge is 0.308 e. The van der Waals surface area contributed by atoms with Crippen molar-refractivity contribution in [2.75, 3.05) is 5.75 Å². The fraction of sp³-hybridized carbons (Fsp3) is 0.400. The van der Waals surface area contributed by atoms with Gasteiger partial charge in [0.2, 0.25) is 5.91 Å². The molecule has 0 saturated carbocycles. The van der Waals surface area contributed by atoms with E-state index < -0.39 is 0 Å². The maximum absolute atomic E-state index is 11.1. The van der Waals surface area contributed by atoms with Crippen molar-refractivity contribution in [3.05, 3.63) is 22.7 Å². The first-order chi connectivity index (χ1) is 9.51. The number of hydrogen-bond donors (Lipinski definition) is 2. The molecule has 20 heavy (non-hydrogen) atoms. The van der Waals surface area contributed by atoms with Gasteiger partial charge in [-0.25, -0.2) is 5.84 Å². The SMILES string of the molecule is Cc1nn(Cc2nnc(SCC(=O)NN)n2C)cc1Cl. The summed E-state index contributed by atoms with van der Waals surface area (Å²) in [6.07, 6.45) is 1.74. The molecule has 2 heterocycles. The third-order valence-electron chi connectivity index (χ3n) is 2.61. The van der Waals surface area contributed by atoms with Gasteiger partial charge < -0.3 is 4.57 Å². The van der Waals surface area contributed by atoms with Crippen LogP contribution in [0.25, 0.3) is 0 Å². The second kappa shape index (κ2) is 6.25. The van der Waals surface area contributed by atoms with Crippen LogP contribution in [0.3, 0.4) is 0 Å². The van der Waals surface area contributed by atoms with E-state index in [1.165, 1.54) is 11.8 Å². The number of nitrogens with zero attached hydrogens (tertiary/aromatic N) is 5. The Hall–Kier alpha value is -1.58. The number of aromatic nitrogens is 5. The number of hydrogen-bond acceptors (Lipinski definition) is 6. The highest BCUT2D eigenvalue weighted by atomic mass is 35.5. The van der Waals surface area contributed by atoms with Gasteiger partial charge in [0.15, 0.2) is 11.0 Å². The predicted molar refractivity (Wildman–Crippen MR) is 75.1 cm³/mol. The first-order valence-electron chi connectivity index (χ1n) is 5.71. The molecule has 2 aromatic rings. The summed E-state index contributed by atoms with van der Waals surface area (Å²) in [6.45, 7) is 2.29. The number of amides is 1. The highest BCUT2D eigenvalue weighted by Crippen LogP contribution is 2.17. The van der Waals surface area contributed by atoms with Crippen LogP contribution in [0, 0.1) is 6.92 Å². The Bertz CT molecular complexity index is 604. The number of halogens is 1. The molecule has 0 atom stereocenters. The molecule has 0 spiro atoms. The van der Waals surface area contributed by atoms with E-state index in [0.717, 1.165) is 11.5 Å². The number of aryl methyl sites for hydroxylation is 1. The molecule has 0 aliphatic rings. The van der Waals surface area contributed by atoms with Crippen LogP contribution < -0.4 is 11.3 Å². The summed E-state index contributed by atoms with van der Waals surface area (Å²) in [7, 11) is 1.83. The average Bonchev–Trinajstić information content (AvgIpc) is 2.92. The molecule has 0 saturated heterocycles. The van der Waals surface area contributed by atoms with E-state index in [0.29, 0.717) is 16.7 Å². The second-order valence-corrected chi connectivity index (χ2v) is 5.42. The minimum Gasteiger partial charge on any atom is -0.308 e. The summed E-state index contributed by atoms with van der Waals surface area (Å²) >= 11 is 7.22. The minimum absolute atomic E-state index is 0.190. The topological polar surface area (TPSA) is 104 Å². The maximum atomic E-state index is 11.1. The molecule has 0 aromatic carbocycles. The van der Waals surface area contributed by atoms with E-state index in [-0.39, 0.29) is 11.7 Å². The highest BCUT2D eigenvalue weighted by Gasteiger charge is 2.12. The number of hydrazine groups is 1. The Morgan fingerprint density at radius 3 is 2.90 bits per heavy atom. The zero-order valence-corrected chi connectivity index (χ0v) is 12.6. The molecule has 2 aromatic heterocycles. The second-order valence-electron chi connectivity index (χ2n) is 4.07. The van der Waals surface area contributed by atoms with Crippen molar-refractivity contribution in [1.29, 1.82) is 0 Å². The van der Waals surface area contributed by atoms with Gasteiger partial charge in [-0.3, -0.25) is 14.9 Å². The molecule has 0 aliphatic heterocycles. The van der Waals surface area contributed by atoms with Crippen LogP contribution in [0.5, 0.6) is 0 Å². The molecule has 0 fully saturated rings. The van der Waals surface area contributed by atoms with E-state index >= 15 is 0 Å². The summed E-state index contributed by atoms with van der Waals surface area (Å²) < 4.78 is 3.50. The zero-order valence-electron chi connectivity index (χ0n) is 11.0. The lowest BCUT2D eigenvalue weighted by Crippen LogP contribution is -2.31. The van der Waals surface area contributed by atoms with Crippen molar-refractivity contribution in [3.63, 3.8) is 0 Å². The lowest BCUT2D eigenvalue weighted by atomic mass is 10.5. The number of carbonyl (C=O) groups excluding carboxylic acids is 1. The monoisotopic (exact) mass is 315 g/mol. The van der Waals surface area contributed by atoms with Crippen LogP contribution in [0.1, 0.15) is 11.5 Å². The molecule has 0 radical (unpaired) electrons. The number of rotatable bonds is 5. The molecule has 3 N–H and O–H groups in total. The first-order valence-corrected chi connectivity index (χ1v) is 7.07. The van der Waals surface area contributed by atoms with Gasteiger partial charge in [0, 0.05) is 13.2 Å².